The zero-order valence-corrected chi connectivity index (χ0v) is 10.4. The number of hydrogen-bond donors (Lipinski definition) is 1. The molecular weight excluding hydrogens is 240 g/mol. The van der Waals surface area contributed by atoms with E-state index < -0.39 is 5.97 Å². The Morgan fingerprint density at radius 3 is 2.68 bits per heavy atom. The number of aromatic nitrogens is 2. The summed E-state index contributed by atoms with van der Waals surface area (Å²) < 4.78 is 1.60. The van der Waals surface area contributed by atoms with Gasteiger partial charge in [-0.2, -0.15) is 5.10 Å². The highest BCUT2D eigenvalue weighted by Crippen LogP contribution is 2.30. The summed E-state index contributed by atoms with van der Waals surface area (Å²) in [5.41, 5.74) is 1.73. The van der Waals surface area contributed by atoms with Gasteiger partial charge in [-0.25, -0.2) is 4.79 Å². The van der Waals surface area contributed by atoms with Crippen LogP contribution in [0.1, 0.15) is 10.4 Å². The Kier molecular flexibility index (Phi) is 2.56. The molecule has 0 aliphatic carbocycles. The van der Waals surface area contributed by atoms with Gasteiger partial charge in [-0.1, -0.05) is 42.5 Å². The van der Waals surface area contributed by atoms with Crippen molar-refractivity contribution in [3.05, 3.63) is 54.2 Å². The highest BCUT2D eigenvalue weighted by atomic mass is 16.4. The zero-order valence-electron chi connectivity index (χ0n) is 10.4. The molecule has 0 saturated heterocycles. The highest BCUT2D eigenvalue weighted by molar-refractivity contribution is 6.02. The van der Waals surface area contributed by atoms with E-state index in [0.29, 0.717) is 5.69 Å². The van der Waals surface area contributed by atoms with E-state index in [2.05, 4.69) is 5.10 Å². The molecule has 0 bridgehead atoms. The van der Waals surface area contributed by atoms with Gasteiger partial charge in [0, 0.05) is 12.6 Å². The molecule has 0 fully saturated rings. The predicted molar refractivity (Wildman–Crippen MR) is 73.1 cm³/mol. The summed E-state index contributed by atoms with van der Waals surface area (Å²) in [4.78, 5) is 11.3. The third-order valence-electron chi connectivity index (χ3n) is 3.21. The van der Waals surface area contributed by atoms with Crippen LogP contribution in [0.25, 0.3) is 22.0 Å². The van der Waals surface area contributed by atoms with Crippen molar-refractivity contribution in [2.75, 3.05) is 0 Å². The second kappa shape index (κ2) is 4.24. The van der Waals surface area contributed by atoms with E-state index in [-0.39, 0.29) is 5.56 Å². The van der Waals surface area contributed by atoms with Gasteiger partial charge in [0.2, 0.25) is 0 Å². The molecule has 0 atom stereocenters. The number of carboxylic acids is 1. The first-order valence-electron chi connectivity index (χ1n) is 5.92. The Bertz CT molecular complexity index is 769. The summed E-state index contributed by atoms with van der Waals surface area (Å²) in [5.74, 6) is -0.962. The summed E-state index contributed by atoms with van der Waals surface area (Å²) in [6.45, 7) is 0. The van der Waals surface area contributed by atoms with Gasteiger partial charge in [0.05, 0.1) is 11.9 Å². The van der Waals surface area contributed by atoms with Gasteiger partial charge in [0.25, 0.3) is 0 Å². The zero-order chi connectivity index (χ0) is 13.4. The van der Waals surface area contributed by atoms with E-state index in [0.717, 1.165) is 16.3 Å². The molecular formula is C15H12N2O2. The van der Waals surface area contributed by atoms with Crippen molar-refractivity contribution >= 4 is 16.7 Å². The number of carboxylic acid groups (broad SMARTS) is 1. The molecule has 94 valence electrons. The van der Waals surface area contributed by atoms with Crippen molar-refractivity contribution in [2.45, 2.75) is 0 Å². The topological polar surface area (TPSA) is 55.1 Å². The smallest absolute Gasteiger partial charge is 0.339 e. The quantitative estimate of drug-likeness (QED) is 0.763. The van der Waals surface area contributed by atoms with Gasteiger partial charge in [-0.15, -0.1) is 0 Å². The van der Waals surface area contributed by atoms with E-state index >= 15 is 0 Å². The number of carbonyl (C=O) groups is 1. The number of aromatic carboxylic acids is 1. The minimum absolute atomic E-state index is 0.221. The average molecular weight is 252 g/mol. The Labute approximate surface area is 109 Å². The summed E-state index contributed by atoms with van der Waals surface area (Å²) in [5, 5.41) is 15.4. The van der Waals surface area contributed by atoms with Crippen LogP contribution in [0.15, 0.2) is 48.7 Å². The fourth-order valence-electron chi connectivity index (χ4n) is 2.35. The SMILES string of the molecule is Cn1ncc(C(=O)O)c1-c1cccc2ccccc12. The molecule has 0 spiro atoms. The lowest BCUT2D eigenvalue weighted by molar-refractivity contribution is 0.0697. The molecule has 1 heterocycles. The Morgan fingerprint density at radius 2 is 1.89 bits per heavy atom. The van der Waals surface area contributed by atoms with E-state index in [9.17, 15) is 9.90 Å². The van der Waals surface area contributed by atoms with E-state index in [1.807, 2.05) is 42.5 Å². The van der Waals surface area contributed by atoms with Crippen LogP contribution in [0.5, 0.6) is 0 Å². The third-order valence-corrected chi connectivity index (χ3v) is 3.21. The highest BCUT2D eigenvalue weighted by Gasteiger charge is 2.18. The third kappa shape index (κ3) is 1.78. The molecule has 19 heavy (non-hydrogen) atoms. The van der Waals surface area contributed by atoms with Gasteiger partial charge < -0.3 is 5.11 Å². The van der Waals surface area contributed by atoms with Crippen LogP contribution >= 0.6 is 0 Å². The minimum atomic E-state index is -0.962. The number of nitrogens with zero attached hydrogens (tertiary/aromatic N) is 2. The van der Waals surface area contributed by atoms with Gasteiger partial charge in [-0.05, 0) is 10.8 Å². The molecule has 0 aliphatic heterocycles. The molecule has 4 nitrogen and oxygen atoms in total. The number of hydrogen-bond acceptors (Lipinski definition) is 2. The molecule has 1 N–H and O–H groups in total. The number of benzene rings is 2. The fourth-order valence-corrected chi connectivity index (χ4v) is 2.35. The van der Waals surface area contributed by atoms with Crippen molar-refractivity contribution in [1.29, 1.82) is 0 Å². The molecule has 0 radical (unpaired) electrons. The van der Waals surface area contributed by atoms with Crippen LogP contribution in [-0.4, -0.2) is 20.9 Å². The fraction of sp³-hybridized carbons (Fsp3) is 0.0667. The predicted octanol–water partition coefficient (Wildman–Crippen LogP) is 2.94. The summed E-state index contributed by atoms with van der Waals surface area (Å²) in [6.07, 6.45) is 1.39. The van der Waals surface area contributed by atoms with Crippen molar-refractivity contribution in [2.24, 2.45) is 7.05 Å². The summed E-state index contributed by atoms with van der Waals surface area (Å²) >= 11 is 0. The second-order valence-electron chi connectivity index (χ2n) is 4.36. The van der Waals surface area contributed by atoms with Gasteiger partial charge in [0.1, 0.15) is 5.56 Å². The van der Waals surface area contributed by atoms with Gasteiger partial charge in [0.15, 0.2) is 0 Å². The van der Waals surface area contributed by atoms with Crippen molar-refractivity contribution in [3.63, 3.8) is 0 Å². The molecule has 1 aromatic heterocycles. The lowest BCUT2D eigenvalue weighted by Gasteiger charge is -2.08. The molecule has 3 rings (SSSR count). The Morgan fingerprint density at radius 1 is 1.16 bits per heavy atom. The first-order valence-corrected chi connectivity index (χ1v) is 5.92. The lowest BCUT2D eigenvalue weighted by atomic mass is 10.00. The van der Waals surface area contributed by atoms with E-state index in [1.165, 1.54) is 6.20 Å². The number of rotatable bonds is 2. The van der Waals surface area contributed by atoms with Gasteiger partial charge >= 0.3 is 5.97 Å². The lowest BCUT2D eigenvalue weighted by Crippen LogP contribution is -2.01. The van der Waals surface area contributed by atoms with Crippen molar-refractivity contribution in [3.8, 4) is 11.3 Å². The standard InChI is InChI=1S/C15H12N2O2/c1-17-14(13(9-16-17)15(18)19)12-8-4-6-10-5-2-3-7-11(10)12/h2-9H,1H3,(H,18,19). The van der Waals surface area contributed by atoms with Crippen LogP contribution in [-0.2, 0) is 7.05 Å². The van der Waals surface area contributed by atoms with Gasteiger partial charge in [-0.3, -0.25) is 4.68 Å². The largest absolute Gasteiger partial charge is 0.478 e. The maximum atomic E-state index is 11.3. The minimum Gasteiger partial charge on any atom is -0.478 e. The van der Waals surface area contributed by atoms with Crippen LogP contribution in [0.2, 0.25) is 0 Å². The molecule has 0 aliphatic rings. The maximum absolute atomic E-state index is 11.3. The number of aryl methyl sites for hydroxylation is 1. The summed E-state index contributed by atoms with van der Waals surface area (Å²) in [7, 11) is 1.75. The molecule has 0 amide bonds. The molecule has 0 unspecified atom stereocenters. The van der Waals surface area contributed by atoms with Crippen molar-refractivity contribution in [1.82, 2.24) is 9.78 Å². The molecule has 2 aromatic carbocycles. The molecule has 0 saturated carbocycles. The van der Waals surface area contributed by atoms with E-state index in [1.54, 1.807) is 11.7 Å². The maximum Gasteiger partial charge on any atom is 0.339 e. The van der Waals surface area contributed by atoms with Crippen LogP contribution < -0.4 is 0 Å². The molecule has 3 aromatic rings. The first-order chi connectivity index (χ1) is 9.18. The van der Waals surface area contributed by atoms with Crippen LogP contribution in [0, 0.1) is 0 Å². The monoisotopic (exact) mass is 252 g/mol. The number of fused-ring (bicyclic) bond motifs is 1. The molecule has 4 heteroatoms. The van der Waals surface area contributed by atoms with Crippen molar-refractivity contribution < 1.29 is 9.90 Å². The Balaban J connectivity index is 2.37. The normalized spacial score (nSPS) is 10.8. The average Bonchev–Trinajstić information content (AvgIpc) is 2.80. The van der Waals surface area contributed by atoms with Crippen LogP contribution in [0.4, 0.5) is 0 Å². The Hall–Kier alpha value is -2.62. The van der Waals surface area contributed by atoms with Crippen LogP contribution in [0.3, 0.4) is 0 Å². The second-order valence-corrected chi connectivity index (χ2v) is 4.36. The summed E-state index contributed by atoms with van der Waals surface area (Å²) in [6, 6.07) is 13.8. The first kappa shape index (κ1) is 11.5. The van der Waals surface area contributed by atoms with E-state index in [4.69, 9.17) is 0 Å².